The Morgan fingerprint density at radius 1 is 1.10 bits per heavy atom. The van der Waals surface area contributed by atoms with Crippen LogP contribution in [0.3, 0.4) is 0 Å². The van der Waals surface area contributed by atoms with Crippen LogP contribution in [0.2, 0.25) is 0 Å². The molecule has 0 spiro atoms. The number of rotatable bonds is 5. The van der Waals surface area contributed by atoms with E-state index < -0.39 is 23.7 Å². The molecular weight excluding hydrogens is 513 g/mol. The maximum atomic E-state index is 15.1. The van der Waals surface area contributed by atoms with Crippen LogP contribution in [-0.2, 0) is 9.53 Å². The Morgan fingerprint density at radius 2 is 1.85 bits per heavy atom. The number of piperidine rings is 1. The van der Waals surface area contributed by atoms with Gasteiger partial charge in [0.2, 0.25) is 5.91 Å². The standard InChI is InChI=1S/C25H29F2N9O3/c26-16-9-30-23-20(22(28)32-36(23)12-16)24(37)31-19-11-29-10-18(27)21(19)34-3-1-15(2-4-34)25(38)35-7-5-33(6-8-35)17-13-39-14-17/h9-12,15,17H,1-8,13-14H2,(H2,28,32)(H,31,37)/i9D,22+1. The maximum Gasteiger partial charge on any atom is 0.263 e. The molecule has 3 N–H and O–H groups in total. The molecule has 0 saturated carbocycles. The molecule has 0 unspecified atom stereocenters. The van der Waals surface area contributed by atoms with Crippen LogP contribution < -0.4 is 16.0 Å². The largest absolute Gasteiger partial charge is 0.381 e. The Hall–Kier alpha value is -3.91. The highest BCUT2D eigenvalue weighted by Gasteiger charge is 2.34. The Labute approximate surface area is 224 Å². The lowest BCUT2D eigenvalue weighted by Crippen LogP contribution is -2.58. The molecule has 3 fully saturated rings. The Morgan fingerprint density at radius 3 is 2.54 bits per heavy atom. The first kappa shape index (κ1) is 24.2. The van der Waals surface area contributed by atoms with Crippen molar-refractivity contribution in [3.05, 3.63) is 42.0 Å². The topological polar surface area (TPSA) is 134 Å². The first-order valence-corrected chi connectivity index (χ1v) is 12.9. The highest BCUT2D eigenvalue weighted by atomic mass is 19.1. The highest BCUT2D eigenvalue weighted by molar-refractivity contribution is 6.12. The number of pyridine rings is 1. The number of carbonyl (C=O) groups is 2. The van der Waals surface area contributed by atoms with E-state index in [4.69, 9.17) is 11.8 Å². The molecular formula is C25H29F2N9O3. The molecule has 0 bridgehead atoms. The summed E-state index contributed by atoms with van der Waals surface area (Å²) in [6.45, 7) is 5.43. The second kappa shape index (κ2) is 10.3. The van der Waals surface area contributed by atoms with Crippen molar-refractivity contribution < 1.29 is 24.5 Å². The van der Waals surface area contributed by atoms with Crippen LogP contribution in [0.5, 0.6) is 0 Å². The monoisotopic (exact) mass is 543 g/mol. The summed E-state index contributed by atoms with van der Waals surface area (Å²) in [6.07, 6.45) is 3.73. The van der Waals surface area contributed by atoms with E-state index in [9.17, 15) is 14.0 Å². The average molecular weight is 544 g/mol. The third-order valence-corrected chi connectivity index (χ3v) is 7.69. The highest BCUT2D eigenvalue weighted by Crippen LogP contribution is 2.33. The molecule has 0 aromatic carbocycles. The molecule has 0 atom stereocenters. The summed E-state index contributed by atoms with van der Waals surface area (Å²) < 4.78 is 42.7. The SMILES string of the molecule is [2H]c1nc2c(C(=O)Nc3cncc(F)c3N3CCC(C(=O)N4CCN(C5COC5)CC4)CC3)[13c](N)nn2cc1F. The predicted molar refractivity (Wildman–Crippen MR) is 137 cm³/mol. The molecule has 14 heteroatoms. The van der Waals surface area contributed by atoms with E-state index in [1.165, 1.54) is 6.20 Å². The molecule has 39 heavy (non-hydrogen) atoms. The quantitative estimate of drug-likeness (QED) is 0.483. The van der Waals surface area contributed by atoms with E-state index in [1.807, 2.05) is 4.90 Å². The van der Waals surface area contributed by atoms with Crippen LogP contribution in [0.25, 0.3) is 5.65 Å². The number of amides is 2. The van der Waals surface area contributed by atoms with Gasteiger partial charge < -0.3 is 25.6 Å². The van der Waals surface area contributed by atoms with E-state index in [-0.39, 0.29) is 40.2 Å². The number of anilines is 3. The molecule has 3 aliphatic heterocycles. The molecule has 3 aliphatic rings. The summed E-state index contributed by atoms with van der Waals surface area (Å²) in [7, 11) is 0. The number of aromatic nitrogens is 4. The number of nitrogen functional groups attached to an aromatic ring is 1. The van der Waals surface area contributed by atoms with E-state index in [0.717, 1.165) is 43.2 Å². The van der Waals surface area contributed by atoms with Crippen molar-refractivity contribution in [3.8, 4) is 0 Å². The zero-order valence-electron chi connectivity index (χ0n) is 22.1. The number of hydrogen-bond donors (Lipinski definition) is 2. The van der Waals surface area contributed by atoms with Crippen LogP contribution >= 0.6 is 0 Å². The van der Waals surface area contributed by atoms with E-state index in [1.54, 1.807) is 4.90 Å². The molecule has 0 aliphatic carbocycles. The van der Waals surface area contributed by atoms with Gasteiger partial charge in [0.25, 0.3) is 5.91 Å². The molecule has 3 aromatic rings. The predicted octanol–water partition coefficient (Wildman–Crippen LogP) is 0.996. The number of carbonyl (C=O) groups excluding carboxylic acids is 2. The zero-order valence-corrected chi connectivity index (χ0v) is 21.1. The zero-order chi connectivity index (χ0) is 28.0. The maximum absolute atomic E-state index is 15.1. The van der Waals surface area contributed by atoms with Crippen molar-refractivity contribution in [3.63, 3.8) is 0 Å². The first-order chi connectivity index (χ1) is 19.3. The van der Waals surface area contributed by atoms with Gasteiger partial charge in [0.05, 0.1) is 51.1 Å². The van der Waals surface area contributed by atoms with E-state index >= 15 is 4.39 Å². The minimum atomic E-state index is -0.925. The minimum absolute atomic E-state index is 0.103. The van der Waals surface area contributed by atoms with Gasteiger partial charge in [-0.2, -0.15) is 0 Å². The van der Waals surface area contributed by atoms with Gasteiger partial charge in [0.1, 0.15) is 11.3 Å². The van der Waals surface area contributed by atoms with Crippen molar-refractivity contribution in [2.24, 2.45) is 5.92 Å². The Bertz CT molecular complexity index is 1450. The second-order valence-electron chi connectivity index (χ2n) is 10.0. The van der Waals surface area contributed by atoms with Crippen molar-refractivity contribution >= 4 is 34.7 Å². The number of fused-ring (bicyclic) bond motifs is 1. The van der Waals surface area contributed by atoms with Crippen LogP contribution in [0.1, 0.15) is 24.6 Å². The van der Waals surface area contributed by atoms with Gasteiger partial charge in [0, 0.05) is 45.2 Å². The number of nitrogens with two attached hydrogens (primary N) is 1. The van der Waals surface area contributed by atoms with Crippen molar-refractivity contribution in [1.29, 1.82) is 0 Å². The number of halogens is 2. The second-order valence-corrected chi connectivity index (χ2v) is 10.0. The third-order valence-electron chi connectivity index (χ3n) is 7.69. The summed E-state index contributed by atoms with van der Waals surface area (Å²) >= 11 is 0. The lowest BCUT2D eigenvalue weighted by atomic mass is 9.94. The number of piperazine rings is 1. The van der Waals surface area contributed by atoms with Crippen LogP contribution in [0.15, 0.2) is 24.8 Å². The Balaban J connectivity index is 1.13. The van der Waals surface area contributed by atoms with Crippen LogP contribution in [-0.4, -0.2) is 99.7 Å². The average Bonchev–Trinajstić information content (AvgIpc) is 3.22. The third kappa shape index (κ3) is 4.85. The van der Waals surface area contributed by atoms with Crippen molar-refractivity contribution in [1.82, 2.24) is 29.4 Å². The van der Waals surface area contributed by atoms with E-state index in [0.29, 0.717) is 45.1 Å². The molecule has 6 heterocycles. The lowest BCUT2D eigenvalue weighted by Gasteiger charge is -2.43. The fourth-order valence-corrected chi connectivity index (χ4v) is 5.48. The van der Waals surface area contributed by atoms with Crippen molar-refractivity contribution in [2.75, 3.05) is 68.4 Å². The van der Waals surface area contributed by atoms with Gasteiger partial charge in [-0.1, -0.05) is 0 Å². The summed E-state index contributed by atoms with van der Waals surface area (Å²) in [5, 5.41) is 6.52. The number of nitrogens with zero attached hydrogens (tertiary/aromatic N) is 7. The molecule has 2 amide bonds. The van der Waals surface area contributed by atoms with Gasteiger partial charge in [0.15, 0.2) is 23.1 Å². The van der Waals surface area contributed by atoms with Crippen LogP contribution in [0.4, 0.5) is 26.0 Å². The molecule has 3 saturated heterocycles. The van der Waals surface area contributed by atoms with Gasteiger partial charge in [-0.05, 0) is 12.8 Å². The fourth-order valence-electron chi connectivity index (χ4n) is 5.48. The van der Waals surface area contributed by atoms with E-state index in [2.05, 4.69) is 25.3 Å². The number of nitrogens with one attached hydrogen (secondary N) is 1. The fraction of sp³-hybridized carbons (Fsp3) is 0.480. The van der Waals surface area contributed by atoms with Gasteiger partial charge >= 0.3 is 0 Å². The minimum Gasteiger partial charge on any atom is -0.381 e. The lowest BCUT2D eigenvalue weighted by molar-refractivity contribution is -0.140. The summed E-state index contributed by atoms with van der Waals surface area (Å²) in [4.78, 5) is 40.2. The van der Waals surface area contributed by atoms with Gasteiger partial charge in [-0.15, -0.1) is 5.10 Å². The van der Waals surface area contributed by atoms with Gasteiger partial charge in [-0.3, -0.25) is 19.5 Å². The summed E-state index contributed by atoms with van der Waals surface area (Å²) in [5.74, 6) is -2.54. The number of hydrogen-bond acceptors (Lipinski definition) is 9. The molecule has 3 aromatic heterocycles. The Kier molecular flexibility index (Phi) is 6.40. The normalized spacial score (nSPS) is 19.7. The summed E-state index contributed by atoms with van der Waals surface area (Å²) in [6, 6.07) is 0.462. The molecule has 206 valence electrons. The first-order valence-electron chi connectivity index (χ1n) is 13.4. The molecule has 0 radical (unpaired) electrons. The smallest absolute Gasteiger partial charge is 0.263 e. The number of ether oxygens (including phenoxy) is 1. The molecule has 6 rings (SSSR count). The van der Waals surface area contributed by atoms with Crippen LogP contribution in [0, 0.1) is 17.6 Å². The summed E-state index contributed by atoms with van der Waals surface area (Å²) in [5.41, 5.74) is 5.89. The van der Waals surface area contributed by atoms with Gasteiger partial charge in [-0.25, -0.2) is 18.3 Å². The molecule has 12 nitrogen and oxygen atoms in total. The van der Waals surface area contributed by atoms with Crippen molar-refractivity contribution in [2.45, 2.75) is 18.9 Å².